The molecule has 6 heteroatoms. The van der Waals surface area contributed by atoms with Crippen LogP contribution in [0.2, 0.25) is 0 Å². The molecule has 1 rings (SSSR count). The van der Waals surface area contributed by atoms with Gasteiger partial charge in [0.15, 0.2) is 0 Å². The average Bonchev–Trinajstić information content (AvgIpc) is 2.37. The average molecular weight is 279 g/mol. The molecule has 2 amide bonds. The number of thiocarbonyl (C=S) groups is 1. The first-order chi connectivity index (χ1) is 8.81. The molecule has 0 spiro atoms. The standard InChI is InChI=1S/C13H17N3O2S/c1-3-13(2,11(15)19)12(18)16-9-6-4-5-8(7-9)10(14)17/h4-7H,3H2,1-2H3,(H2,14,17)(H2,15,19)(H,16,18). The van der Waals surface area contributed by atoms with E-state index < -0.39 is 11.3 Å². The second kappa shape index (κ2) is 5.79. The zero-order valence-electron chi connectivity index (χ0n) is 10.9. The Morgan fingerprint density at radius 2 is 2.00 bits per heavy atom. The van der Waals surface area contributed by atoms with Crippen molar-refractivity contribution in [3.63, 3.8) is 0 Å². The Morgan fingerprint density at radius 3 is 2.47 bits per heavy atom. The van der Waals surface area contributed by atoms with Gasteiger partial charge in [0.1, 0.15) is 0 Å². The lowest BCUT2D eigenvalue weighted by atomic mass is 9.86. The number of hydrogen-bond acceptors (Lipinski definition) is 3. The zero-order chi connectivity index (χ0) is 14.6. The van der Waals surface area contributed by atoms with Gasteiger partial charge in [0.05, 0.1) is 10.4 Å². The van der Waals surface area contributed by atoms with E-state index in [1.807, 2.05) is 6.92 Å². The summed E-state index contributed by atoms with van der Waals surface area (Å²) in [5.41, 5.74) is 10.7. The maximum absolute atomic E-state index is 12.2. The second-order valence-corrected chi connectivity index (χ2v) is 4.89. The van der Waals surface area contributed by atoms with Crippen LogP contribution >= 0.6 is 12.2 Å². The fourth-order valence-electron chi connectivity index (χ4n) is 1.47. The number of nitrogens with two attached hydrogens (primary N) is 2. The van der Waals surface area contributed by atoms with Gasteiger partial charge in [0.25, 0.3) is 0 Å². The molecule has 0 aromatic heterocycles. The Bertz CT molecular complexity index is 530. The van der Waals surface area contributed by atoms with E-state index in [0.717, 1.165) is 0 Å². The van der Waals surface area contributed by atoms with Crippen molar-refractivity contribution in [1.82, 2.24) is 0 Å². The summed E-state index contributed by atoms with van der Waals surface area (Å²) in [5, 5.41) is 2.70. The van der Waals surface area contributed by atoms with Crippen LogP contribution < -0.4 is 16.8 Å². The molecule has 0 radical (unpaired) electrons. The Kier molecular flexibility index (Phi) is 4.61. The normalized spacial score (nSPS) is 13.4. The fourth-order valence-corrected chi connectivity index (χ4v) is 1.70. The van der Waals surface area contributed by atoms with Crippen molar-refractivity contribution in [2.24, 2.45) is 16.9 Å². The van der Waals surface area contributed by atoms with Gasteiger partial charge in [0.2, 0.25) is 11.8 Å². The van der Waals surface area contributed by atoms with Crippen LogP contribution in [-0.4, -0.2) is 16.8 Å². The Labute approximate surface area is 117 Å². The predicted molar refractivity (Wildman–Crippen MR) is 78.8 cm³/mol. The van der Waals surface area contributed by atoms with E-state index in [-0.39, 0.29) is 10.9 Å². The van der Waals surface area contributed by atoms with Crippen molar-refractivity contribution in [3.05, 3.63) is 29.8 Å². The molecular weight excluding hydrogens is 262 g/mol. The molecule has 19 heavy (non-hydrogen) atoms. The van der Waals surface area contributed by atoms with Gasteiger partial charge in [0, 0.05) is 11.3 Å². The topological polar surface area (TPSA) is 98.2 Å². The summed E-state index contributed by atoms with van der Waals surface area (Å²) in [5.74, 6) is -0.854. The molecule has 0 fully saturated rings. The first kappa shape index (κ1) is 15.1. The van der Waals surface area contributed by atoms with E-state index in [1.54, 1.807) is 25.1 Å². The summed E-state index contributed by atoms with van der Waals surface area (Å²) >= 11 is 4.93. The molecule has 0 saturated carbocycles. The van der Waals surface area contributed by atoms with Crippen LogP contribution in [0.15, 0.2) is 24.3 Å². The minimum absolute atomic E-state index is 0.138. The van der Waals surface area contributed by atoms with Crippen molar-refractivity contribution < 1.29 is 9.59 Å². The summed E-state index contributed by atoms with van der Waals surface area (Å²) in [6.07, 6.45) is 0.490. The van der Waals surface area contributed by atoms with E-state index in [4.69, 9.17) is 23.7 Å². The summed E-state index contributed by atoms with van der Waals surface area (Å²) < 4.78 is 0. The highest BCUT2D eigenvalue weighted by molar-refractivity contribution is 7.80. The number of primary amides is 1. The summed E-state index contributed by atoms with van der Waals surface area (Å²) in [6, 6.07) is 6.39. The third-order valence-electron chi connectivity index (χ3n) is 3.16. The molecule has 1 atom stereocenters. The molecular formula is C13H17N3O2S. The van der Waals surface area contributed by atoms with Gasteiger partial charge in [-0.05, 0) is 31.5 Å². The summed E-state index contributed by atoms with van der Waals surface area (Å²) in [7, 11) is 0. The number of carbonyl (C=O) groups excluding carboxylic acids is 2. The van der Waals surface area contributed by atoms with Gasteiger partial charge in [-0.1, -0.05) is 25.2 Å². The second-order valence-electron chi connectivity index (χ2n) is 4.45. The molecule has 5 N–H and O–H groups in total. The molecule has 5 nitrogen and oxygen atoms in total. The number of nitrogens with one attached hydrogen (secondary N) is 1. The lowest BCUT2D eigenvalue weighted by Gasteiger charge is -2.25. The lowest BCUT2D eigenvalue weighted by molar-refractivity contribution is -0.121. The van der Waals surface area contributed by atoms with E-state index in [0.29, 0.717) is 17.7 Å². The monoisotopic (exact) mass is 279 g/mol. The van der Waals surface area contributed by atoms with E-state index >= 15 is 0 Å². The van der Waals surface area contributed by atoms with Crippen LogP contribution in [0.3, 0.4) is 0 Å². The van der Waals surface area contributed by atoms with Gasteiger partial charge in [-0.15, -0.1) is 0 Å². The highest BCUT2D eigenvalue weighted by atomic mass is 32.1. The number of anilines is 1. The first-order valence-electron chi connectivity index (χ1n) is 5.82. The first-order valence-corrected chi connectivity index (χ1v) is 6.23. The molecule has 102 valence electrons. The highest BCUT2D eigenvalue weighted by Gasteiger charge is 2.34. The van der Waals surface area contributed by atoms with Crippen molar-refractivity contribution in [2.75, 3.05) is 5.32 Å². The fraction of sp³-hybridized carbons (Fsp3) is 0.308. The van der Waals surface area contributed by atoms with E-state index in [1.165, 1.54) is 6.07 Å². The number of rotatable bonds is 5. The maximum atomic E-state index is 12.2. The van der Waals surface area contributed by atoms with Crippen LogP contribution in [-0.2, 0) is 4.79 Å². The number of carbonyl (C=O) groups is 2. The third-order valence-corrected chi connectivity index (χ3v) is 3.61. The minimum atomic E-state index is -0.919. The minimum Gasteiger partial charge on any atom is -0.392 e. The van der Waals surface area contributed by atoms with Crippen molar-refractivity contribution in [3.8, 4) is 0 Å². The number of benzene rings is 1. The lowest BCUT2D eigenvalue weighted by Crippen LogP contribution is -2.43. The predicted octanol–water partition coefficient (Wildman–Crippen LogP) is 1.43. The summed E-state index contributed by atoms with van der Waals surface area (Å²) in [6.45, 7) is 3.52. The molecule has 0 heterocycles. The molecule has 0 aliphatic heterocycles. The van der Waals surface area contributed by atoms with E-state index in [2.05, 4.69) is 5.32 Å². The van der Waals surface area contributed by atoms with Crippen molar-refractivity contribution in [1.29, 1.82) is 0 Å². The Hall–Kier alpha value is -1.95. The smallest absolute Gasteiger partial charge is 0.248 e. The molecule has 1 aromatic rings. The highest BCUT2D eigenvalue weighted by Crippen LogP contribution is 2.24. The van der Waals surface area contributed by atoms with Crippen LogP contribution in [0.4, 0.5) is 5.69 Å². The quantitative estimate of drug-likeness (QED) is 0.710. The number of hydrogen-bond donors (Lipinski definition) is 3. The Balaban J connectivity index is 2.96. The summed E-state index contributed by atoms with van der Waals surface area (Å²) in [4.78, 5) is 23.4. The largest absolute Gasteiger partial charge is 0.392 e. The van der Waals surface area contributed by atoms with Crippen molar-refractivity contribution >= 4 is 34.7 Å². The number of amides is 2. The van der Waals surface area contributed by atoms with Crippen LogP contribution in [0.25, 0.3) is 0 Å². The maximum Gasteiger partial charge on any atom is 0.248 e. The van der Waals surface area contributed by atoms with Crippen LogP contribution in [0, 0.1) is 5.41 Å². The molecule has 0 aliphatic carbocycles. The van der Waals surface area contributed by atoms with E-state index in [9.17, 15) is 9.59 Å². The van der Waals surface area contributed by atoms with Gasteiger partial charge in [-0.25, -0.2) is 0 Å². The molecule has 1 aromatic carbocycles. The van der Waals surface area contributed by atoms with Crippen molar-refractivity contribution in [2.45, 2.75) is 20.3 Å². The molecule has 0 bridgehead atoms. The zero-order valence-corrected chi connectivity index (χ0v) is 11.7. The van der Waals surface area contributed by atoms with Gasteiger partial charge in [-0.3, -0.25) is 9.59 Å². The molecule has 0 aliphatic rings. The van der Waals surface area contributed by atoms with Gasteiger partial charge >= 0.3 is 0 Å². The molecule has 1 unspecified atom stereocenters. The van der Waals surface area contributed by atoms with Gasteiger partial charge < -0.3 is 16.8 Å². The van der Waals surface area contributed by atoms with Gasteiger partial charge in [-0.2, -0.15) is 0 Å². The van der Waals surface area contributed by atoms with Crippen LogP contribution in [0.1, 0.15) is 30.6 Å². The Morgan fingerprint density at radius 1 is 1.37 bits per heavy atom. The SMILES string of the molecule is CCC(C)(C(=O)Nc1cccc(C(N)=O)c1)C(N)=S. The van der Waals surface area contributed by atoms with Crippen LogP contribution in [0.5, 0.6) is 0 Å². The third kappa shape index (κ3) is 3.29. The molecule has 0 saturated heterocycles.